The highest BCUT2D eigenvalue weighted by Crippen LogP contribution is 2.30. The van der Waals surface area contributed by atoms with Gasteiger partial charge in [0.1, 0.15) is 5.75 Å². The molecule has 0 aliphatic carbocycles. The van der Waals surface area contributed by atoms with E-state index in [9.17, 15) is 0 Å². The summed E-state index contributed by atoms with van der Waals surface area (Å²) in [5, 5.41) is 4.70. The fourth-order valence-corrected chi connectivity index (χ4v) is 4.46. The van der Waals surface area contributed by atoms with Crippen LogP contribution in [-0.2, 0) is 17.7 Å². The van der Waals surface area contributed by atoms with Crippen LogP contribution in [0, 0.1) is 5.92 Å². The van der Waals surface area contributed by atoms with Crippen molar-refractivity contribution in [2.45, 2.75) is 13.0 Å². The zero-order chi connectivity index (χ0) is 21.8. The first kappa shape index (κ1) is 20.7. The van der Waals surface area contributed by atoms with Crippen molar-refractivity contribution in [2.24, 2.45) is 5.92 Å². The van der Waals surface area contributed by atoms with Gasteiger partial charge in [0.25, 0.3) is 0 Å². The Kier molecular flexibility index (Phi) is 6.14. The molecule has 2 aromatic carbocycles. The molecule has 0 spiro atoms. The van der Waals surface area contributed by atoms with Gasteiger partial charge in [-0.15, -0.1) is 0 Å². The standard InChI is InChI=1S/C26H28N4O2/c1-31-25-8-3-2-7-24(25)22-6-4-5-20(15-22)17-29-13-14-32-19-21(18-29)16-23-9-10-26-27-11-12-30(26)28-23/h2-12,15,21H,13-14,16-19H2,1H3. The molecule has 1 atom stereocenters. The lowest BCUT2D eigenvalue weighted by Crippen LogP contribution is -2.30. The van der Waals surface area contributed by atoms with E-state index in [2.05, 4.69) is 52.3 Å². The van der Waals surface area contributed by atoms with Gasteiger partial charge in [-0.2, -0.15) is 5.10 Å². The summed E-state index contributed by atoms with van der Waals surface area (Å²) < 4.78 is 13.3. The molecule has 0 radical (unpaired) electrons. The molecular weight excluding hydrogens is 400 g/mol. The lowest BCUT2D eigenvalue weighted by atomic mass is 10.0. The van der Waals surface area contributed by atoms with Crippen molar-refractivity contribution in [3.8, 4) is 16.9 Å². The second-order valence-electron chi connectivity index (χ2n) is 8.34. The number of ether oxygens (including phenoxy) is 2. The molecule has 0 amide bonds. The predicted molar refractivity (Wildman–Crippen MR) is 125 cm³/mol. The molecular formula is C26H28N4O2. The number of hydrogen-bond acceptors (Lipinski definition) is 5. The zero-order valence-electron chi connectivity index (χ0n) is 18.4. The van der Waals surface area contributed by atoms with Gasteiger partial charge in [-0.25, -0.2) is 9.50 Å². The maximum absolute atomic E-state index is 5.94. The van der Waals surface area contributed by atoms with E-state index >= 15 is 0 Å². The highest BCUT2D eigenvalue weighted by atomic mass is 16.5. The number of fused-ring (bicyclic) bond motifs is 1. The highest BCUT2D eigenvalue weighted by Gasteiger charge is 2.20. The number of imidazole rings is 1. The van der Waals surface area contributed by atoms with Crippen LogP contribution in [-0.4, -0.2) is 52.9 Å². The third kappa shape index (κ3) is 4.66. The average Bonchev–Trinajstić information content (AvgIpc) is 3.19. The van der Waals surface area contributed by atoms with Crippen LogP contribution in [0.25, 0.3) is 16.8 Å². The van der Waals surface area contributed by atoms with E-state index < -0.39 is 0 Å². The molecule has 164 valence electrons. The van der Waals surface area contributed by atoms with Crippen molar-refractivity contribution in [3.63, 3.8) is 0 Å². The first-order valence-corrected chi connectivity index (χ1v) is 11.1. The number of hydrogen-bond donors (Lipinski definition) is 0. The zero-order valence-corrected chi connectivity index (χ0v) is 18.4. The molecule has 0 bridgehead atoms. The Morgan fingerprint density at radius 1 is 1.09 bits per heavy atom. The first-order valence-electron chi connectivity index (χ1n) is 11.1. The summed E-state index contributed by atoms with van der Waals surface area (Å²) in [6, 6.07) is 21.0. The Bertz CT molecular complexity index is 1190. The molecule has 5 rings (SSSR count). The van der Waals surface area contributed by atoms with E-state index in [0.717, 1.165) is 61.9 Å². The number of rotatable bonds is 6. The Morgan fingerprint density at radius 3 is 2.97 bits per heavy atom. The average molecular weight is 429 g/mol. The van der Waals surface area contributed by atoms with Gasteiger partial charge in [0.05, 0.1) is 26.0 Å². The quantitative estimate of drug-likeness (QED) is 0.463. The lowest BCUT2D eigenvalue weighted by Gasteiger charge is -2.23. The van der Waals surface area contributed by atoms with Crippen LogP contribution >= 0.6 is 0 Å². The van der Waals surface area contributed by atoms with Crippen LogP contribution < -0.4 is 4.74 Å². The minimum atomic E-state index is 0.406. The van der Waals surface area contributed by atoms with E-state index in [1.807, 2.05) is 28.9 Å². The molecule has 6 heteroatoms. The second-order valence-corrected chi connectivity index (χ2v) is 8.34. The fourth-order valence-electron chi connectivity index (χ4n) is 4.46. The topological polar surface area (TPSA) is 51.9 Å². The van der Waals surface area contributed by atoms with Crippen molar-refractivity contribution in [2.75, 3.05) is 33.4 Å². The van der Waals surface area contributed by atoms with Gasteiger partial charge in [-0.1, -0.05) is 36.4 Å². The molecule has 2 aromatic heterocycles. The van der Waals surface area contributed by atoms with Crippen LogP contribution in [0.2, 0.25) is 0 Å². The van der Waals surface area contributed by atoms with E-state index in [0.29, 0.717) is 5.92 Å². The molecule has 4 aromatic rings. The van der Waals surface area contributed by atoms with Crippen LogP contribution in [0.3, 0.4) is 0 Å². The van der Waals surface area contributed by atoms with Gasteiger partial charge in [-0.3, -0.25) is 4.90 Å². The van der Waals surface area contributed by atoms with Crippen molar-refractivity contribution in [1.29, 1.82) is 0 Å². The molecule has 1 unspecified atom stereocenters. The number of para-hydroxylation sites is 1. The van der Waals surface area contributed by atoms with Crippen molar-refractivity contribution in [3.05, 3.63) is 84.3 Å². The molecule has 3 heterocycles. The van der Waals surface area contributed by atoms with Gasteiger partial charge >= 0.3 is 0 Å². The number of methoxy groups -OCH3 is 1. The normalized spacial score (nSPS) is 17.3. The van der Waals surface area contributed by atoms with Crippen LogP contribution in [0.15, 0.2) is 73.1 Å². The summed E-state index contributed by atoms with van der Waals surface area (Å²) in [6.07, 6.45) is 4.57. The van der Waals surface area contributed by atoms with Gasteiger partial charge in [-0.05, 0) is 41.8 Å². The van der Waals surface area contributed by atoms with Gasteiger partial charge in [0, 0.05) is 43.5 Å². The third-order valence-corrected chi connectivity index (χ3v) is 5.98. The maximum Gasteiger partial charge on any atom is 0.153 e. The highest BCUT2D eigenvalue weighted by molar-refractivity contribution is 5.70. The fraction of sp³-hybridized carbons (Fsp3) is 0.308. The van der Waals surface area contributed by atoms with E-state index in [-0.39, 0.29) is 0 Å². The third-order valence-electron chi connectivity index (χ3n) is 5.98. The lowest BCUT2D eigenvalue weighted by molar-refractivity contribution is 0.121. The summed E-state index contributed by atoms with van der Waals surface area (Å²) in [5.74, 6) is 1.30. The number of nitrogens with zero attached hydrogens (tertiary/aromatic N) is 4. The minimum Gasteiger partial charge on any atom is -0.496 e. The summed E-state index contributed by atoms with van der Waals surface area (Å²) in [5.41, 5.74) is 5.55. The monoisotopic (exact) mass is 428 g/mol. The maximum atomic E-state index is 5.94. The molecule has 1 aliphatic heterocycles. The van der Waals surface area contributed by atoms with Crippen LogP contribution in [0.1, 0.15) is 11.3 Å². The Hall–Kier alpha value is -3.22. The Labute approximate surface area is 188 Å². The van der Waals surface area contributed by atoms with Gasteiger partial charge < -0.3 is 9.47 Å². The summed E-state index contributed by atoms with van der Waals surface area (Å²) in [4.78, 5) is 6.77. The molecule has 0 N–H and O–H groups in total. The van der Waals surface area contributed by atoms with Gasteiger partial charge in [0.2, 0.25) is 0 Å². The van der Waals surface area contributed by atoms with Crippen molar-refractivity contribution < 1.29 is 9.47 Å². The molecule has 1 saturated heterocycles. The summed E-state index contributed by atoms with van der Waals surface area (Å²) in [7, 11) is 1.72. The Balaban J connectivity index is 1.29. The first-order chi connectivity index (χ1) is 15.8. The van der Waals surface area contributed by atoms with Crippen LogP contribution in [0.4, 0.5) is 0 Å². The number of aromatic nitrogens is 3. The molecule has 6 nitrogen and oxygen atoms in total. The minimum absolute atomic E-state index is 0.406. The second kappa shape index (κ2) is 9.51. The molecule has 32 heavy (non-hydrogen) atoms. The molecule has 1 fully saturated rings. The Morgan fingerprint density at radius 2 is 2.03 bits per heavy atom. The predicted octanol–water partition coefficient (Wildman–Crippen LogP) is 4.10. The summed E-state index contributed by atoms with van der Waals surface area (Å²) in [6.45, 7) is 4.35. The van der Waals surface area contributed by atoms with E-state index in [1.54, 1.807) is 13.3 Å². The number of benzene rings is 2. The van der Waals surface area contributed by atoms with Gasteiger partial charge in [0.15, 0.2) is 5.65 Å². The largest absolute Gasteiger partial charge is 0.496 e. The van der Waals surface area contributed by atoms with E-state index in [4.69, 9.17) is 14.6 Å². The SMILES string of the molecule is COc1ccccc1-c1cccc(CN2CCOCC(Cc3ccc4nccn4n3)C2)c1. The molecule has 1 aliphatic rings. The van der Waals surface area contributed by atoms with Crippen LogP contribution in [0.5, 0.6) is 5.75 Å². The molecule has 0 saturated carbocycles. The van der Waals surface area contributed by atoms with Crippen molar-refractivity contribution in [1.82, 2.24) is 19.5 Å². The van der Waals surface area contributed by atoms with Crippen molar-refractivity contribution >= 4 is 5.65 Å². The smallest absolute Gasteiger partial charge is 0.153 e. The summed E-state index contributed by atoms with van der Waals surface area (Å²) >= 11 is 0. The van der Waals surface area contributed by atoms with E-state index in [1.165, 1.54) is 11.1 Å².